The van der Waals surface area contributed by atoms with Crippen LogP contribution in [0.25, 0.3) is 16.6 Å². The number of thiazole rings is 1. The van der Waals surface area contributed by atoms with Gasteiger partial charge in [0, 0.05) is 49.1 Å². The Hall–Kier alpha value is -3.18. The van der Waals surface area contributed by atoms with Gasteiger partial charge in [0.15, 0.2) is 0 Å². The first-order valence-electron chi connectivity index (χ1n) is 9.66. The molecule has 4 aromatic rings. The summed E-state index contributed by atoms with van der Waals surface area (Å²) < 4.78 is 0. The van der Waals surface area contributed by atoms with Crippen molar-refractivity contribution < 1.29 is 0 Å². The number of anilines is 1. The van der Waals surface area contributed by atoms with E-state index in [1.807, 2.05) is 11.7 Å². The molecule has 29 heavy (non-hydrogen) atoms. The summed E-state index contributed by atoms with van der Waals surface area (Å²) in [6.07, 6.45) is 7.30. The Morgan fingerprint density at radius 1 is 1.03 bits per heavy atom. The molecular formula is C24H22N4S. The predicted octanol–water partition coefficient (Wildman–Crippen LogP) is 5.15. The van der Waals surface area contributed by atoms with Crippen LogP contribution in [-0.2, 0) is 11.8 Å². The molecule has 1 atom stereocenters. The van der Waals surface area contributed by atoms with Crippen molar-refractivity contribution in [2.75, 3.05) is 19.0 Å². The third-order valence-corrected chi connectivity index (χ3v) is 6.49. The van der Waals surface area contributed by atoms with Crippen molar-refractivity contribution in [2.45, 2.75) is 11.8 Å². The average molecular weight is 399 g/mol. The molecule has 5 rings (SSSR count). The van der Waals surface area contributed by atoms with Crippen molar-refractivity contribution in [1.82, 2.24) is 15.2 Å². The van der Waals surface area contributed by atoms with Gasteiger partial charge in [-0.2, -0.15) is 5.10 Å². The normalized spacial score (nSPS) is 17.9. The largest absolute Gasteiger partial charge is 0.378 e. The zero-order valence-corrected chi connectivity index (χ0v) is 17.3. The van der Waals surface area contributed by atoms with Crippen LogP contribution in [0.3, 0.4) is 0 Å². The maximum absolute atomic E-state index is 4.62. The smallest absolute Gasteiger partial charge is 0.111 e. The van der Waals surface area contributed by atoms with Crippen molar-refractivity contribution in [1.29, 1.82) is 0 Å². The van der Waals surface area contributed by atoms with E-state index < -0.39 is 0 Å². The van der Waals surface area contributed by atoms with Crippen LogP contribution in [0, 0.1) is 0 Å². The molecule has 2 heterocycles. The lowest BCUT2D eigenvalue weighted by Crippen LogP contribution is -2.30. The lowest BCUT2D eigenvalue weighted by Gasteiger charge is -2.35. The minimum Gasteiger partial charge on any atom is -0.378 e. The molecule has 2 aromatic heterocycles. The van der Waals surface area contributed by atoms with Gasteiger partial charge in [-0.15, -0.1) is 11.3 Å². The van der Waals surface area contributed by atoms with Crippen LogP contribution in [0.4, 0.5) is 5.69 Å². The van der Waals surface area contributed by atoms with Gasteiger partial charge in [0.25, 0.3) is 0 Å². The predicted molar refractivity (Wildman–Crippen MR) is 120 cm³/mol. The molecule has 144 valence electrons. The van der Waals surface area contributed by atoms with Crippen LogP contribution >= 0.6 is 11.3 Å². The summed E-state index contributed by atoms with van der Waals surface area (Å²) in [7, 11) is 4.17. The minimum absolute atomic E-state index is 0.238. The Kier molecular flexibility index (Phi) is 4.32. The van der Waals surface area contributed by atoms with E-state index >= 15 is 0 Å². The Balaban J connectivity index is 1.67. The average Bonchev–Trinajstić information content (AvgIpc) is 3.43. The lowest BCUT2D eigenvalue weighted by molar-refractivity contribution is 0.620. The Morgan fingerprint density at radius 3 is 2.62 bits per heavy atom. The molecule has 1 aliphatic carbocycles. The highest BCUT2D eigenvalue weighted by molar-refractivity contribution is 7.13. The van der Waals surface area contributed by atoms with Crippen LogP contribution in [0.1, 0.15) is 22.4 Å². The van der Waals surface area contributed by atoms with E-state index in [4.69, 9.17) is 0 Å². The number of fused-ring (bicyclic) bond motifs is 1. The second-order valence-corrected chi connectivity index (χ2v) is 8.51. The number of nitrogens with zero attached hydrogens (tertiary/aromatic N) is 3. The highest BCUT2D eigenvalue weighted by Crippen LogP contribution is 2.43. The zero-order chi connectivity index (χ0) is 19.8. The van der Waals surface area contributed by atoms with Gasteiger partial charge in [-0.25, -0.2) is 0 Å². The second kappa shape index (κ2) is 7.01. The maximum Gasteiger partial charge on any atom is 0.111 e. The van der Waals surface area contributed by atoms with Gasteiger partial charge < -0.3 is 4.90 Å². The molecule has 0 saturated carbocycles. The SMILES string of the molecule is CN(C)c1cccc(C2(c3ccccc3)C=Cc3c(-c4cncs4)n[nH]c3C2)c1. The number of allylic oxidation sites excluding steroid dienone is 1. The summed E-state index contributed by atoms with van der Waals surface area (Å²) >= 11 is 1.62. The Labute approximate surface area is 174 Å². The van der Waals surface area contributed by atoms with Gasteiger partial charge in [-0.3, -0.25) is 10.1 Å². The van der Waals surface area contributed by atoms with Gasteiger partial charge in [0.2, 0.25) is 0 Å². The van der Waals surface area contributed by atoms with Crippen LogP contribution in [0.2, 0.25) is 0 Å². The number of nitrogens with one attached hydrogen (secondary N) is 1. The van der Waals surface area contributed by atoms with Gasteiger partial charge in [0.05, 0.1) is 10.4 Å². The molecule has 1 aliphatic rings. The second-order valence-electron chi connectivity index (χ2n) is 7.62. The quantitative estimate of drug-likeness (QED) is 0.517. The fourth-order valence-corrected chi connectivity index (χ4v) is 4.77. The first-order chi connectivity index (χ1) is 14.2. The third-order valence-electron chi connectivity index (χ3n) is 5.71. The fourth-order valence-electron chi connectivity index (χ4n) is 4.15. The third kappa shape index (κ3) is 2.98. The standard InChI is InChI=1S/C24H22N4S/c1-28(2)19-10-6-9-18(13-19)24(17-7-4-3-5-8-17)12-11-20-21(14-24)26-27-23(20)22-15-25-16-29-22/h3-13,15-16H,14H2,1-2H3,(H,26,27). The number of hydrogen-bond donors (Lipinski definition) is 1. The number of benzene rings is 2. The molecule has 2 aromatic carbocycles. The van der Waals surface area contributed by atoms with E-state index in [0.717, 1.165) is 22.7 Å². The van der Waals surface area contributed by atoms with Crippen LogP contribution < -0.4 is 4.90 Å². The van der Waals surface area contributed by atoms with E-state index in [-0.39, 0.29) is 5.41 Å². The molecule has 0 fully saturated rings. The van der Waals surface area contributed by atoms with E-state index in [1.165, 1.54) is 22.4 Å². The van der Waals surface area contributed by atoms with E-state index in [1.54, 1.807) is 11.3 Å². The number of aromatic amines is 1. The highest BCUT2D eigenvalue weighted by atomic mass is 32.1. The molecule has 0 aliphatic heterocycles. The highest BCUT2D eigenvalue weighted by Gasteiger charge is 2.36. The van der Waals surface area contributed by atoms with Crippen molar-refractivity contribution in [3.63, 3.8) is 0 Å². The summed E-state index contributed by atoms with van der Waals surface area (Å²) in [5.41, 5.74) is 8.70. The van der Waals surface area contributed by atoms with Crippen molar-refractivity contribution in [3.05, 3.63) is 94.8 Å². The molecule has 1 unspecified atom stereocenters. The summed E-state index contributed by atoms with van der Waals surface area (Å²) in [4.78, 5) is 7.46. The number of hydrogen-bond acceptors (Lipinski definition) is 4. The molecule has 0 spiro atoms. The number of rotatable bonds is 4. The van der Waals surface area contributed by atoms with Crippen molar-refractivity contribution in [3.8, 4) is 10.6 Å². The molecule has 0 radical (unpaired) electrons. The summed E-state index contributed by atoms with van der Waals surface area (Å²) in [6.45, 7) is 0. The lowest BCUT2D eigenvalue weighted by atomic mass is 9.68. The van der Waals surface area contributed by atoms with Gasteiger partial charge in [-0.1, -0.05) is 54.6 Å². The van der Waals surface area contributed by atoms with Crippen LogP contribution in [-0.4, -0.2) is 29.3 Å². The number of H-pyrrole nitrogens is 1. The molecule has 0 amide bonds. The Bertz CT molecular complexity index is 1160. The van der Waals surface area contributed by atoms with Gasteiger partial charge in [0.1, 0.15) is 5.69 Å². The monoisotopic (exact) mass is 398 g/mol. The van der Waals surface area contributed by atoms with E-state index in [0.29, 0.717) is 0 Å². The fraction of sp³-hybridized carbons (Fsp3) is 0.167. The van der Waals surface area contributed by atoms with Crippen LogP contribution in [0.15, 0.2) is 72.4 Å². The summed E-state index contributed by atoms with van der Waals surface area (Å²) in [5, 5.41) is 7.94. The summed E-state index contributed by atoms with van der Waals surface area (Å²) in [5.74, 6) is 0. The first kappa shape index (κ1) is 17.9. The number of aromatic nitrogens is 3. The van der Waals surface area contributed by atoms with Crippen molar-refractivity contribution in [2.24, 2.45) is 0 Å². The van der Waals surface area contributed by atoms with Crippen LogP contribution in [0.5, 0.6) is 0 Å². The summed E-state index contributed by atoms with van der Waals surface area (Å²) in [6, 6.07) is 19.6. The maximum atomic E-state index is 4.62. The molecule has 5 heteroatoms. The topological polar surface area (TPSA) is 44.8 Å². The van der Waals surface area contributed by atoms with Gasteiger partial charge >= 0.3 is 0 Å². The molecule has 0 saturated heterocycles. The molecule has 4 nitrogen and oxygen atoms in total. The van der Waals surface area contributed by atoms with Gasteiger partial charge in [-0.05, 0) is 23.3 Å². The van der Waals surface area contributed by atoms with E-state index in [9.17, 15) is 0 Å². The van der Waals surface area contributed by atoms with Crippen molar-refractivity contribution >= 4 is 23.1 Å². The first-order valence-corrected chi connectivity index (χ1v) is 10.5. The minimum atomic E-state index is -0.238. The molecule has 1 N–H and O–H groups in total. The molecule has 0 bridgehead atoms. The molecular weight excluding hydrogens is 376 g/mol. The zero-order valence-electron chi connectivity index (χ0n) is 16.5. The van der Waals surface area contributed by atoms with E-state index in [2.05, 4.69) is 101 Å². The Morgan fingerprint density at radius 2 is 1.86 bits per heavy atom.